The number of nitrogens with two attached hydrogens (primary N) is 1. The van der Waals surface area contributed by atoms with Gasteiger partial charge in [-0.15, -0.1) is 5.10 Å². The third-order valence-corrected chi connectivity index (χ3v) is 4.36. The van der Waals surface area contributed by atoms with Gasteiger partial charge in [-0.3, -0.25) is 4.79 Å². The number of primary amides is 1. The lowest BCUT2D eigenvalue weighted by atomic mass is 10.2. The summed E-state index contributed by atoms with van der Waals surface area (Å²) >= 11 is 7.77. The number of amides is 1. The van der Waals surface area contributed by atoms with Crippen LogP contribution >= 0.6 is 23.4 Å². The number of aryl methyl sites for hydroxylation is 1. The van der Waals surface area contributed by atoms with Crippen molar-refractivity contribution >= 4 is 29.3 Å². The van der Waals surface area contributed by atoms with Crippen molar-refractivity contribution < 1.29 is 14.3 Å². The number of rotatable bonds is 10. The number of carbonyl (C=O) groups excluding carboxylic acids is 1. The summed E-state index contributed by atoms with van der Waals surface area (Å²) in [5, 5.41) is 15.7. The van der Waals surface area contributed by atoms with Gasteiger partial charge in [-0.1, -0.05) is 23.4 Å². The number of benzene rings is 1. The summed E-state index contributed by atoms with van der Waals surface area (Å²) in [5.41, 5.74) is 6.01. The van der Waals surface area contributed by atoms with E-state index in [-0.39, 0.29) is 6.61 Å². The van der Waals surface area contributed by atoms with Crippen LogP contribution in [0.2, 0.25) is 5.02 Å². The van der Waals surface area contributed by atoms with Crippen molar-refractivity contribution in [2.75, 3.05) is 26.0 Å². The molecule has 0 saturated heterocycles. The predicted octanol–water partition coefficient (Wildman–Crippen LogP) is 0.618. The monoisotopic (exact) mass is 386 g/mol. The van der Waals surface area contributed by atoms with Crippen molar-refractivity contribution in [1.29, 1.82) is 0 Å². The van der Waals surface area contributed by atoms with E-state index in [0.29, 0.717) is 23.1 Å². The Kier molecular flexibility index (Phi) is 7.29. The highest BCUT2D eigenvalue weighted by Crippen LogP contribution is 2.36. The average Bonchev–Trinajstić information content (AvgIpc) is 2.98. The van der Waals surface area contributed by atoms with E-state index in [1.807, 2.05) is 0 Å². The SMILES string of the molecule is COc1cc(CNCCSc2nnnn2C)cc(Cl)c1OCC(N)=O. The maximum Gasteiger partial charge on any atom is 0.255 e. The minimum atomic E-state index is -0.584. The molecule has 1 aromatic carbocycles. The minimum Gasteiger partial charge on any atom is -0.493 e. The molecule has 0 atom stereocenters. The fraction of sp³-hybridized carbons (Fsp3) is 0.429. The highest BCUT2D eigenvalue weighted by Gasteiger charge is 2.13. The Morgan fingerprint density at radius 2 is 2.28 bits per heavy atom. The van der Waals surface area contributed by atoms with E-state index in [2.05, 4.69) is 20.8 Å². The van der Waals surface area contributed by atoms with Gasteiger partial charge < -0.3 is 20.5 Å². The van der Waals surface area contributed by atoms with Gasteiger partial charge in [0.1, 0.15) is 0 Å². The van der Waals surface area contributed by atoms with Crippen molar-refractivity contribution in [3.63, 3.8) is 0 Å². The van der Waals surface area contributed by atoms with E-state index in [1.165, 1.54) is 7.11 Å². The molecular weight excluding hydrogens is 368 g/mol. The largest absolute Gasteiger partial charge is 0.493 e. The van der Waals surface area contributed by atoms with Gasteiger partial charge in [0, 0.05) is 25.9 Å². The van der Waals surface area contributed by atoms with Gasteiger partial charge in [-0.05, 0) is 28.1 Å². The fourth-order valence-corrected chi connectivity index (χ4v) is 2.98. The van der Waals surface area contributed by atoms with Crippen LogP contribution in [-0.4, -0.2) is 52.1 Å². The molecule has 2 aromatic rings. The second-order valence-corrected chi connectivity index (χ2v) is 6.44. The number of tetrazole rings is 1. The summed E-state index contributed by atoms with van der Waals surface area (Å²) in [6, 6.07) is 3.56. The van der Waals surface area contributed by atoms with Gasteiger partial charge in [0.2, 0.25) is 5.16 Å². The molecule has 0 fully saturated rings. The zero-order valence-corrected chi connectivity index (χ0v) is 15.4. The molecule has 0 aliphatic carbocycles. The molecule has 0 unspecified atom stereocenters. The Balaban J connectivity index is 1.86. The van der Waals surface area contributed by atoms with Crippen LogP contribution in [0.15, 0.2) is 17.3 Å². The summed E-state index contributed by atoms with van der Waals surface area (Å²) in [7, 11) is 3.30. The molecule has 25 heavy (non-hydrogen) atoms. The van der Waals surface area contributed by atoms with Crippen LogP contribution in [0.25, 0.3) is 0 Å². The number of halogens is 1. The maximum atomic E-state index is 10.8. The van der Waals surface area contributed by atoms with Crippen LogP contribution in [-0.2, 0) is 18.4 Å². The van der Waals surface area contributed by atoms with Gasteiger partial charge in [-0.25, -0.2) is 4.68 Å². The smallest absolute Gasteiger partial charge is 0.255 e. The second-order valence-electron chi connectivity index (χ2n) is 4.97. The number of nitrogens with zero attached hydrogens (tertiary/aromatic N) is 4. The number of ether oxygens (including phenoxy) is 2. The van der Waals surface area contributed by atoms with Crippen LogP contribution in [0.4, 0.5) is 0 Å². The number of methoxy groups -OCH3 is 1. The van der Waals surface area contributed by atoms with Crippen molar-refractivity contribution in [1.82, 2.24) is 25.5 Å². The van der Waals surface area contributed by atoms with E-state index in [4.69, 9.17) is 26.8 Å². The normalized spacial score (nSPS) is 10.7. The van der Waals surface area contributed by atoms with Crippen LogP contribution in [0.3, 0.4) is 0 Å². The van der Waals surface area contributed by atoms with Crippen molar-refractivity contribution in [3.05, 3.63) is 22.7 Å². The van der Waals surface area contributed by atoms with E-state index >= 15 is 0 Å². The first-order valence-electron chi connectivity index (χ1n) is 7.34. The molecule has 0 radical (unpaired) electrons. The maximum absolute atomic E-state index is 10.8. The van der Waals surface area contributed by atoms with Crippen LogP contribution in [0, 0.1) is 0 Å². The zero-order valence-electron chi connectivity index (χ0n) is 13.9. The molecule has 1 aromatic heterocycles. The third-order valence-electron chi connectivity index (χ3n) is 3.07. The number of hydrogen-bond donors (Lipinski definition) is 2. The van der Waals surface area contributed by atoms with Crippen LogP contribution in [0.5, 0.6) is 11.5 Å². The molecular formula is C14H19ClN6O3S. The van der Waals surface area contributed by atoms with Gasteiger partial charge in [0.15, 0.2) is 18.1 Å². The van der Waals surface area contributed by atoms with E-state index < -0.39 is 5.91 Å². The number of thioether (sulfide) groups is 1. The standard InChI is InChI=1S/C14H19ClN6O3S/c1-21-14(18-19-20-21)25-4-3-17-7-9-5-10(15)13(11(6-9)23-2)24-8-12(16)22/h5-6,17H,3-4,7-8H2,1-2H3,(H2,16,22). The van der Waals surface area contributed by atoms with E-state index in [1.54, 1.807) is 35.6 Å². The lowest BCUT2D eigenvalue weighted by molar-refractivity contribution is -0.119. The zero-order chi connectivity index (χ0) is 18.2. The molecule has 9 nitrogen and oxygen atoms in total. The Morgan fingerprint density at radius 3 is 2.92 bits per heavy atom. The summed E-state index contributed by atoms with van der Waals surface area (Å²) in [6.07, 6.45) is 0. The summed E-state index contributed by atoms with van der Waals surface area (Å²) in [6.45, 7) is 1.10. The lowest BCUT2D eigenvalue weighted by Crippen LogP contribution is -2.20. The van der Waals surface area contributed by atoms with Gasteiger partial charge in [0.05, 0.1) is 12.1 Å². The molecule has 3 N–H and O–H groups in total. The van der Waals surface area contributed by atoms with Crippen molar-refractivity contribution in [2.24, 2.45) is 12.8 Å². The predicted molar refractivity (Wildman–Crippen MR) is 93.9 cm³/mol. The molecule has 136 valence electrons. The number of aromatic nitrogens is 4. The average molecular weight is 387 g/mol. The number of carbonyl (C=O) groups is 1. The van der Waals surface area contributed by atoms with Crippen LogP contribution in [0.1, 0.15) is 5.56 Å². The Hall–Kier alpha value is -2.04. The third kappa shape index (κ3) is 5.76. The lowest BCUT2D eigenvalue weighted by Gasteiger charge is -2.13. The molecule has 0 saturated carbocycles. The molecule has 11 heteroatoms. The molecule has 1 heterocycles. The highest BCUT2D eigenvalue weighted by atomic mass is 35.5. The summed E-state index contributed by atoms with van der Waals surface area (Å²) < 4.78 is 12.2. The molecule has 0 bridgehead atoms. The van der Waals surface area contributed by atoms with Crippen molar-refractivity contribution in [3.8, 4) is 11.5 Å². The molecule has 0 spiro atoms. The fourth-order valence-electron chi connectivity index (χ4n) is 1.95. The highest BCUT2D eigenvalue weighted by molar-refractivity contribution is 7.99. The Labute approximate surface area is 154 Å². The Morgan fingerprint density at radius 1 is 1.48 bits per heavy atom. The topological polar surface area (TPSA) is 117 Å². The first-order chi connectivity index (χ1) is 12.0. The quantitative estimate of drug-likeness (QED) is 0.450. The van der Waals surface area contributed by atoms with Crippen LogP contribution < -0.4 is 20.5 Å². The molecule has 1 amide bonds. The van der Waals surface area contributed by atoms with Gasteiger partial charge >= 0.3 is 0 Å². The molecule has 0 aliphatic rings. The Bertz CT molecular complexity index is 727. The first-order valence-corrected chi connectivity index (χ1v) is 8.71. The first kappa shape index (κ1) is 19.3. The summed E-state index contributed by atoms with van der Waals surface area (Å²) in [5.74, 6) is 0.987. The minimum absolute atomic E-state index is 0.262. The van der Waals surface area contributed by atoms with Gasteiger partial charge in [0.25, 0.3) is 5.91 Å². The molecule has 2 rings (SSSR count). The second kappa shape index (κ2) is 9.44. The van der Waals surface area contributed by atoms with E-state index in [9.17, 15) is 4.79 Å². The van der Waals surface area contributed by atoms with E-state index in [0.717, 1.165) is 23.0 Å². The molecule has 0 aliphatic heterocycles. The number of hydrogen-bond acceptors (Lipinski definition) is 8. The van der Waals surface area contributed by atoms with Crippen molar-refractivity contribution in [2.45, 2.75) is 11.7 Å². The van der Waals surface area contributed by atoms with Gasteiger partial charge in [-0.2, -0.15) is 0 Å². The number of nitrogens with one attached hydrogen (secondary N) is 1. The summed E-state index contributed by atoms with van der Waals surface area (Å²) in [4.78, 5) is 10.8.